The number of nitrogens with one attached hydrogen (secondary N) is 2. The van der Waals surface area contributed by atoms with E-state index >= 15 is 0 Å². The maximum atomic E-state index is 14.9. The Morgan fingerprint density at radius 2 is 1.61 bits per heavy atom. The summed E-state index contributed by atoms with van der Waals surface area (Å²) in [5.41, 5.74) is 1.52. The van der Waals surface area contributed by atoms with Crippen molar-refractivity contribution in [1.82, 2.24) is 4.90 Å². The Kier molecular flexibility index (Phi) is 8.03. The lowest BCUT2D eigenvalue weighted by Crippen LogP contribution is -2.57. The van der Waals surface area contributed by atoms with Crippen LogP contribution in [0.5, 0.6) is 5.75 Å². The van der Waals surface area contributed by atoms with Crippen LogP contribution in [0.1, 0.15) is 47.7 Å². The molecule has 44 heavy (non-hydrogen) atoms. The molecule has 0 radical (unpaired) electrons. The molecule has 0 bridgehead atoms. The monoisotopic (exact) mass is 651 g/mol. The summed E-state index contributed by atoms with van der Waals surface area (Å²) in [4.78, 5) is 46.0. The molecule has 8 heteroatoms. The Hall–Kier alpha value is -4.43. The molecule has 1 spiro atoms. The maximum absolute atomic E-state index is 14.9. The molecule has 3 amide bonds. The van der Waals surface area contributed by atoms with Gasteiger partial charge in [-0.2, -0.15) is 0 Å². The zero-order valence-electron chi connectivity index (χ0n) is 24.8. The Balaban J connectivity index is 1.63. The fraction of sp³-hybridized carbons (Fsp3) is 0.250. The largest absolute Gasteiger partial charge is 0.497 e. The van der Waals surface area contributed by atoms with E-state index in [9.17, 15) is 14.4 Å². The van der Waals surface area contributed by atoms with Crippen LogP contribution in [-0.2, 0) is 10.3 Å². The molecule has 4 aromatic rings. The van der Waals surface area contributed by atoms with E-state index in [0.29, 0.717) is 34.7 Å². The summed E-state index contributed by atoms with van der Waals surface area (Å²) in [7, 11) is 1.58. The number of hydrogen-bond acceptors (Lipinski definition) is 4. The second-order valence-corrected chi connectivity index (χ2v) is 12.7. The predicted octanol–water partition coefficient (Wildman–Crippen LogP) is 7.85. The molecule has 1 fully saturated rings. The third-order valence-electron chi connectivity index (χ3n) is 8.72. The van der Waals surface area contributed by atoms with Crippen molar-refractivity contribution in [3.63, 3.8) is 0 Å². The van der Waals surface area contributed by atoms with E-state index < -0.39 is 35.4 Å². The number of benzene rings is 4. The van der Waals surface area contributed by atoms with Gasteiger partial charge in [-0.05, 0) is 60.4 Å². The number of carbonyl (C=O) groups is 3. The van der Waals surface area contributed by atoms with Gasteiger partial charge in [0.1, 0.15) is 5.75 Å². The minimum atomic E-state index is -1.62. The van der Waals surface area contributed by atoms with Gasteiger partial charge in [0.15, 0.2) is 11.3 Å². The van der Waals surface area contributed by atoms with Crippen molar-refractivity contribution < 1.29 is 19.1 Å². The molecule has 0 aliphatic carbocycles. The van der Waals surface area contributed by atoms with Crippen molar-refractivity contribution in [2.24, 2.45) is 11.8 Å². The number of amides is 3. The summed E-state index contributed by atoms with van der Waals surface area (Å²) < 4.78 is 6.05. The topological polar surface area (TPSA) is 87.7 Å². The van der Waals surface area contributed by atoms with Gasteiger partial charge in [0.2, 0.25) is 0 Å². The van der Waals surface area contributed by atoms with Crippen molar-refractivity contribution >= 4 is 45.0 Å². The normalized spacial score (nSPS) is 22.2. The van der Waals surface area contributed by atoms with Gasteiger partial charge in [-0.15, -0.1) is 0 Å². The first-order valence-electron chi connectivity index (χ1n) is 14.8. The smallest absolute Gasteiger partial charge is 0.323 e. The lowest BCUT2D eigenvalue weighted by molar-refractivity contribution is -0.126. The summed E-state index contributed by atoms with van der Waals surface area (Å²) >= 11 is 3.60. The van der Waals surface area contributed by atoms with Crippen molar-refractivity contribution in [1.29, 1.82) is 0 Å². The van der Waals surface area contributed by atoms with Gasteiger partial charge >= 0.3 is 6.03 Å². The molecule has 1 saturated heterocycles. The number of halogens is 1. The number of ketones is 1. The van der Waals surface area contributed by atoms with E-state index in [0.717, 1.165) is 10.0 Å². The van der Waals surface area contributed by atoms with Gasteiger partial charge < -0.3 is 20.3 Å². The minimum Gasteiger partial charge on any atom is -0.497 e. The molecule has 4 aromatic carbocycles. The van der Waals surface area contributed by atoms with Gasteiger partial charge in [-0.3, -0.25) is 9.59 Å². The fourth-order valence-corrected chi connectivity index (χ4v) is 7.37. The molecule has 2 heterocycles. The Bertz CT molecular complexity index is 1690. The average Bonchev–Trinajstić information content (AvgIpc) is 3.48. The lowest BCUT2D eigenvalue weighted by Gasteiger charge is -2.39. The van der Waals surface area contributed by atoms with Crippen molar-refractivity contribution in [2.75, 3.05) is 17.7 Å². The number of nitrogens with zero attached hydrogens (tertiary/aromatic N) is 1. The Morgan fingerprint density at radius 3 is 2.25 bits per heavy atom. The van der Waals surface area contributed by atoms with Crippen LogP contribution in [0.25, 0.3) is 0 Å². The second kappa shape index (κ2) is 11.9. The van der Waals surface area contributed by atoms with E-state index in [4.69, 9.17) is 4.74 Å². The van der Waals surface area contributed by atoms with Crippen LogP contribution >= 0.6 is 15.9 Å². The molecule has 0 saturated carbocycles. The standard InChI is InChI=1S/C36H34BrN3O4/c1-22(2)20-30-31(23-10-6-4-7-11-23)32(33(41)24-12-8-5-9-13-24)36(28-21-25(37)14-19-29(28)39-34(36)42)40(30)35(43)38-26-15-17-27(44-3)18-16-26/h4-19,21-22,30-32H,20H2,1-3H3,(H,38,43)(H,39,42). The first kappa shape index (κ1) is 29.6. The molecule has 7 nitrogen and oxygen atoms in total. The van der Waals surface area contributed by atoms with Gasteiger partial charge in [0, 0.05) is 38.9 Å². The molecule has 2 aliphatic heterocycles. The summed E-state index contributed by atoms with van der Waals surface area (Å²) in [5.74, 6) is -1.13. The van der Waals surface area contributed by atoms with Crippen molar-refractivity contribution in [2.45, 2.75) is 37.8 Å². The van der Waals surface area contributed by atoms with E-state index in [-0.39, 0.29) is 11.7 Å². The highest BCUT2D eigenvalue weighted by Gasteiger charge is 2.70. The number of fused-ring (bicyclic) bond motifs is 2. The first-order valence-corrected chi connectivity index (χ1v) is 15.5. The number of carbonyl (C=O) groups excluding carboxylic acids is 3. The Labute approximate surface area is 265 Å². The minimum absolute atomic E-state index is 0.163. The maximum Gasteiger partial charge on any atom is 0.323 e. The van der Waals surface area contributed by atoms with Crippen LogP contribution in [0.15, 0.2) is 108 Å². The molecule has 4 atom stereocenters. The van der Waals surface area contributed by atoms with E-state index in [1.807, 2.05) is 66.7 Å². The SMILES string of the molecule is COc1ccc(NC(=O)N2C(CC(C)C)C(c3ccccc3)C(C(=O)c3ccccc3)C23C(=O)Nc2ccc(Br)cc23)cc1. The number of ether oxygens (including phenoxy) is 1. The molecular weight excluding hydrogens is 618 g/mol. The molecular formula is C36H34BrN3O4. The molecule has 4 unspecified atom stereocenters. The number of rotatable bonds is 7. The highest BCUT2D eigenvalue weighted by molar-refractivity contribution is 9.10. The highest BCUT2D eigenvalue weighted by atomic mass is 79.9. The highest BCUT2D eigenvalue weighted by Crippen LogP contribution is 2.60. The number of likely N-dealkylation sites (tertiary alicyclic amines) is 1. The summed E-state index contributed by atoms with van der Waals surface area (Å²) in [6.45, 7) is 4.19. The van der Waals surface area contributed by atoms with Crippen LogP contribution in [-0.4, -0.2) is 35.8 Å². The predicted molar refractivity (Wildman–Crippen MR) is 175 cm³/mol. The Morgan fingerprint density at radius 1 is 0.955 bits per heavy atom. The number of urea groups is 1. The quantitative estimate of drug-likeness (QED) is 0.199. The van der Waals surface area contributed by atoms with E-state index in [1.54, 1.807) is 48.4 Å². The van der Waals surface area contributed by atoms with Crippen molar-refractivity contribution in [3.05, 3.63) is 124 Å². The van der Waals surface area contributed by atoms with Crippen LogP contribution in [0.4, 0.5) is 16.2 Å². The molecule has 2 aliphatic rings. The number of anilines is 2. The van der Waals surface area contributed by atoms with Crippen LogP contribution in [0.3, 0.4) is 0 Å². The summed E-state index contributed by atoms with van der Waals surface area (Å²) in [6, 6.07) is 30.6. The third-order valence-corrected chi connectivity index (χ3v) is 9.21. The number of methoxy groups -OCH3 is 1. The molecule has 2 N–H and O–H groups in total. The zero-order chi connectivity index (χ0) is 31.0. The molecule has 6 rings (SSSR count). The lowest BCUT2D eigenvalue weighted by atomic mass is 9.69. The van der Waals surface area contributed by atoms with Crippen LogP contribution in [0.2, 0.25) is 0 Å². The van der Waals surface area contributed by atoms with Crippen LogP contribution < -0.4 is 15.4 Å². The number of hydrogen-bond donors (Lipinski definition) is 2. The van der Waals surface area contributed by atoms with Gasteiger partial charge in [0.05, 0.1) is 13.0 Å². The summed E-state index contributed by atoms with van der Waals surface area (Å²) in [5, 5.41) is 6.11. The van der Waals surface area contributed by atoms with Gasteiger partial charge in [-0.1, -0.05) is 90.4 Å². The first-order chi connectivity index (χ1) is 21.2. The molecule has 0 aromatic heterocycles. The summed E-state index contributed by atoms with van der Waals surface area (Å²) in [6.07, 6.45) is 0.576. The van der Waals surface area contributed by atoms with E-state index in [2.05, 4.69) is 40.4 Å². The second-order valence-electron chi connectivity index (χ2n) is 11.8. The average molecular weight is 653 g/mol. The van der Waals surface area contributed by atoms with Crippen LogP contribution in [0, 0.1) is 11.8 Å². The third kappa shape index (κ3) is 4.97. The van der Waals surface area contributed by atoms with Gasteiger partial charge in [-0.25, -0.2) is 4.79 Å². The number of Topliss-reactive ketones (excluding diaryl/α,β-unsaturated/α-hetero) is 1. The van der Waals surface area contributed by atoms with Gasteiger partial charge in [0.25, 0.3) is 5.91 Å². The zero-order valence-corrected chi connectivity index (χ0v) is 26.4. The molecule has 224 valence electrons. The van der Waals surface area contributed by atoms with Crippen molar-refractivity contribution in [3.8, 4) is 5.75 Å². The van der Waals surface area contributed by atoms with E-state index in [1.165, 1.54) is 0 Å². The fourth-order valence-electron chi connectivity index (χ4n) is 7.01.